The number of aliphatic hydroxyl groups is 1. The van der Waals surface area contributed by atoms with Crippen molar-refractivity contribution in [1.29, 1.82) is 0 Å². The van der Waals surface area contributed by atoms with Crippen LogP contribution in [0.3, 0.4) is 0 Å². The van der Waals surface area contributed by atoms with E-state index >= 15 is 0 Å². The van der Waals surface area contributed by atoms with Crippen molar-refractivity contribution >= 4 is 43.7 Å². The van der Waals surface area contributed by atoms with Crippen molar-refractivity contribution < 1.29 is 27.6 Å². The molecule has 1 aliphatic rings. The lowest BCUT2D eigenvalue weighted by atomic mass is 10.2. The summed E-state index contributed by atoms with van der Waals surface area (Å²) in [6.45, 7) is 0.281. The van der Waals surface area contributed by atoms with Gasteiger partial charge in [-0.2, -0.15) is 0 Å². The molecule has 0 amide bonds. The summed E-state index contributed by atoms with van der Waals surface area (Å²) in [5, 5.41) is 12.9. The van der Waals surface area contributed by atoms with E-state index in [9.17, 15) is 18.1 Å². The number of hydrogen-bond donors (Lipinski definition) is 3. The predicted molar refractivity (Wildman–Crippen MR) is 115 cm³/mol. The molecule has 164 valence electrons. The van der Waals surface area contributed by atoms with Crippen molar-refractivity contribution in [3.05, 3.63) is 48.3 Å². The highest BCUT2D eigenvalue weighted by Gasteiger charge is 2.29. The van der Waals surface area contributed by atoms with Crippen molar-refractivity contribution in [2.24, 2.45) is 0 Å². The van der Waals surface area contributed by atoms with Crippen LogP contribution in [0, 0.1) is 11.6 Å². The number of aliphatic hydroxyl groups excluding tert-OH is 1. The number of nitrogens with one attached hydrogen (secondary N) is 2. The minimum atomic E-state index is -2.61. The quantitative estimate of drug-likeness (QED) is 0.496. The summed E-state index contributed by atoms with van der Waals surface area (Å²) >= 11 is 0. The molecular formula is C20H20F2N4O4S. The molecule has 0 bridgehead atoms. The van der Waals surface area contributed by atoms with Gasteiger partial charge in [0, 0.05) is 22.0 Å². The number of hydrogen-bond acceptors (Lipinski definition) is 7. The van der Waals surface area contributed by atoms with Gasteiger partial charge in [0.1, 0.15) is 35.6 Å². The van der Waals surface area contributed by atoms with Crippen LogP contribution in [0.5, 0.6) is 5.75 Å². The standard InChI is InChI=1S/C20H20F2N4O4S/c1-31(2,28)26-12-6-13(22)19-15(7-12)23-10-24-20(19)25-14-4-3-11(21)5-17(14)30-18-9-29-8-16(18)27/h3-7,10,16,18,27H,1,8-9H2,2H3,(H,26,28)(H,23,24,25). The summed E-state index contributed by atoms with van der Waals surface area (Å²) in [5.41, 5.74) is 0.836. The molecule has 3 N–H and O–H groups in total. The Hall–Kier alpha value is -3.02. The first-order chi connectivity index (χ1) is 14.7. The minimum Gasteiger partial charge on any atom is -0.483 e. The van der Waals surface area contributed by atoms with E-state index in [1.807, 2.05) is 0 Å². The third-order valence-electron chi connectivity index (χ3n) is 4.50. The molecule has 31 heavy (non-hydrogen) atoms. The highest BCUT2D eigenvalue weighted by Crippen LogP contribution is 2.34. The zero-order valence-electron chi connectivity index (χ0n) is 16.5. The Bertz CT molecular complexity index is 1240. The van der Waals surface area contributed by atoms with Crippen molar-refractivity contribution in [2.45, 2.75) is 12.2 Å². The first-order valence-corrected chi connectivity index (χ1v) is 11.4. The van der Waals surface area contributed by atoms with E-state index in [2.05, 4.69) is 25.9 Å². The number of nitrogens with zero attached hydrogens (tertiary/aromatic N) is 2. The van der Waals surface area contributed by atoms with E-state index in [4.69, 9.17) is 9.47 Å². The van der Waals surface area contributed by atoms with Gasteiger partial charge in [-0.3, -0.25) is 0 Å². The Balaban J connectivity index is 1.70. The van der Waals surface area contributed by atoms with Gasteiger partial charge in [-0.25, -0.2) is 23.0 Å². The average molecular weight is 450 g/mol. The van der Waals surface area contributed by atoms with Crippen LogP contribution in [0.15, 0.2) is 36.7 Å². The van der Waals surface area contributed by atoms with Crippen LogP contribution in [0.4, 0.5) is 26.0 Å². The summed E-state index contributed by atoms with van der Waals surface area (Å²) < 4.78 is 54.2. The van der Waals surface area contributed by atoms with E-state index in [1.165, 1.54) is 36.8 Å². The zero-order valence-corrected chi connectivity index (χ0v) is 17.3. The van der Waals surface area contributed by atoms with E-state index < -0.39 is 33.6 Å². The molecule has 3 unspecified atom stereocenters. The fourth-order valence-electron chi connectivity index (χ4n) is 3.17. The molecule has 2 heterocycles. The molecule has 1 fully saturated rings. The molecule has 0 aliphatic carbocycles. The number of anilines is 3. The topological polar surface area (TPSA) is 106 Å². The monoisotopic (exact) mass is 450 g/mol. The van der Waals surface area contributed by atoms with E-state index in [0.717, 1.165) is 6.07 Å². The third kappa shape index (κ3) is 4.84. The number of ether oxygens (including phenoxy) is 2. The van der Waals surface area contributed by atoms with Gasteiger partial charge in [0.05, 0.1) is 35.5 Å². The Morgan fingerprint density at radius 2 is 2.06 bits per heavy atom. The number of fused-ring (bicyclic) bond motifs is 1. The van der Waals surface area contributed by atoms with Crippen LogP contribution in [-0.4, -0.2) is 56.8 Å². The van der Waals surface area contributed by atoms with Crippen molar-refractivity contribution in [2.75, 3.05) is 29.5 Å². The number of benzene rings is 2. The lowest BCUT2D eigenvalue weighted by molar-refractivity contribution is 0.0736. The molecule has 0 saturated carbocycles. The molecule has 1 saturated heterocycles. The van der Waals surface area contributed by atoms with Gasteiger partial charge in [-0.15, -0.1) is 0 Å². The first kappa shape index (κ1) is 21.2. The number of halogens is 2. The van der Waals surface area contributed by atoms with Gasteiger partial charge >= 0.3 is 0 Å². The largest absolute Gasteiger partial charge is 0.483 e. The fraction of sp³-hybridized carbons (Fsp3) is 0.250. The van der Waals surface area contributed by atoms with Crippen LogP contribution in [0.2, 0.25) is 0 Å². The van der Waals surface area contributed by atoms with Gasteiger partial charge in [0.25, 0.3) is 0 Å². The summed E-state index contributed by atoms with van der Waals surface area (Å²) in [4.78, 5) is 8.18. The van der Waals surface area contributed by atoms with Gasteiger partial charge in [0.15, 0.2) is 6.10 Å². The maximum Gasteiger partial charge on any atom is 0.150 e. The highest BCUT2D eigenvalue weighted by molar-refractivity contribution is 8.00. The van der Waals surface area contributed by atoms with E-state index in [1.54, 1.807) is 0 Å². The molecule has 3 aromatic rings. The van der Waals surface area contributed by atoms with Crippen molar-refractivity contribution in [3.8, 4) is 5.75 Å². The second-order valence-corrected chi connectivity index (χ2v) is 9.42. The highest BCUT2D eigenvalue weighted by atomic mass is 32.2. The molecule has 1 aromatic heterocycles. The molecule has 11 heteroatoms. The molecule has 8 nitrogen and oxygen atoms in total. The molecule has 3 atom stereocenters. The van der Waals surface area contributed by atoms with Gasteiger partial charge in [-0.1, -0.05) is 0 Å². The lowest BCUT2D eigenvalue weighted by Crippen LogP contribution is -2.30. The average Bonchev–Trinajstić information content (AvgIpc) is 3.07. The van der Waals surface area contributed by atoms with Crippen LogP contribution >= 0.6 is 0 Å². The van der Waals surface area contributed by atoms with Gasteiger partial charge in [-0.05, 0) is 30.1 Å². The van der Waals surface area contributed by atoms with Crippen molar-refractivity contribution in [1.82, 2.24) is 9.97 Å². The Kier molecular flexibility index (Phi) is 5.65. The molecule has 0 spiro atoms. The second-order valence-electron chi connectivity index (χ2n) is 7.21. The second kappa shape index (κ2) is 8.25. The summed E-state index contributed by atoms with van der Waals surface area (Å²) in [6.07, 6.45) is 1.12. The summed E-state index contributed by atoms with van der Waals surface area (Å²) in [7, 11) is -2.61. The Morgan fingerprint density at radius 1 is 1.26 bits per heavy atom. The SMILES string of the molecule is C=S(C)(=O)Nc1cc(F)c2c(Nc3ccc(F)cc3OC3COCC3O)ncnc2c1. The smallest absolute Gasteiger partial charge is 0.150 e. The minimum absolute atomic E-state index is 0.0826. The fourth-order valence-corrected chi connectivity index (χ4v) is 3.78. The van der Waals surface area contributed by atoms with Crippen LogP contribution in [0.25, 0.3) is 10.9 Å². The van der Waals surface area contributed by atoms with Gasteiger partial charge < -0.3 is 24.6 Å². The first-order valence-electron chi connectivity index (χ1n) is 9.23. The van der Waals surface area contributed by atoms with E-state index in [0.29, 0.717) is 5.69 Å². The van der Waals surface area contributed by atoms with Crippen LogP contribution in [0.1, 0.15) is 0 Å². The molecule has 4 rings (SSSR count). The van der Waals surface area contributed by atoms with Crippen LogP contribution in [-0.2, 0) is 14.4 Å². The normalized spacial score (nSPS) is 20.4. The third-order valence-corrected chi connectivity index (χ3v) is 5.17. The van der Waals surface area contributed by atoms with Gasteiger partial charge in [0.2, 0.25) is 0 Å². The number of aromatic nitrogens is 2. The summed E-state index contributed by atoms with van der Waals surface area (Å²) in [6, 6.07) is 6.48. The van der Waals surface area contributed by atoms with E-state index in [-0.39, 0.29) is 41.4 Å². The van der Waals surface area contributed by atoms with Crippen molar-refractivity contribution in [3.63, 3.8) is 0 Å². The summed E-state index contributed by atoms with van der Waals surface area (Å²) in [5.74, 6) is 2.53. The molecule has 1 aliphatic heterocycles. The molecule has 0 radical (unpaired) electrons. The number of rotatable bonds is 6. The zero-order chi connectivity index (χ0) is 22.2. The molecular weight excluding hydrogens is 430 g/mol. The van der Waals surface area contributed by atoms with Crippen LogP contribution < -0.4 is 14.8 Å². The lowest BCUT2D eigenvalue weighted by Gasteiger charge is -2.19. The maximum absolute atomic E-state index is 14.9. The Morgan fingerprint density at radius 3 is 2.77 bits per heavy atom. The molecule has 2 aromatic carbocycles. The predicted octanol–water partition coefficient (Wildman–Crippen LogP) is 2.46. The Labute approximate surface area is 177 Å². The maximum atomic E-state index is 14.9.